The van der Waals surface area contributed by atoms with E-state index in [1.54, 1.807) is 0 Å². The van der Waals surface area contributed by atoms with Crippen LogP contribution in [-0.4, -0.2) is 15.5 Å². The van der Waals surface area contributed by atoms with E-state index in [4.69, 9.17) is 11.6 Å². The van der Waals surface area contributed by atoms with E-state index in [2.05, 4.69) is 0 Å². The third kappa shape index (κ3) is 1.63. The van der Waals surface area contributed by atoms with Gasteiger partial charge in [0.25, 0.3) is 0 Å². The van der Waals surface area contributed by atoms with Gasteiger partial charge in [0.05, 0.1) is 10.5 Å². The second-order valence-corrected chi connectivity index (χ2v) is 5.19. The summed E-state index contributed by atoms with van der Waals surface area (Å²) >= 11 is 6.31. The van der Waals surface area contributed by atoms with Crippen molar-refractivity contribution in [1.82, 2.24) is 4.57 Å². The van der Waals surface area contributed by atoms with Gasteiger partial charge in [-0.3, -0.25) is 4.79 Å². The van der Waals surface area contributed by atoms with Gasteiger partial charge in [-0.1, -0.05) is 35.9 Å². The van der Waals surface area contributed by atoms with Crippen molar-refractivity contribution in [2.24, 2.45) is 0 Å². The number of fused-ring (bicyclic) bond motifs is 3. The molecule has 0 saturated heterocycles. The zero-order valence-electron chi connectivity index (χ0n) is 11.3. The van der Waals surface area contributed by atoms with E-state index in [-0.39, 0.29) is 16.6 Å². The van der Waals surface area contributed by atoms with Gasteiger partial charge >= 0.3 is 0 Å². The highest BCUT2D eigenvalue weighted by atomic mass is 35.5. The van der Waals surface area contributed by atoms with Crippen LogP contribution >= 0.6 is 11.6 Å². The SMILES string of the molecule is CCn1cc(C(C)=O)c2c(Cl)c(O)c3ccccc3c21. The van der Waals surface area contributed by atoms with Gasteiger partial charge in [0.2, 0.25) is 0 Å². The largest absolute Gasteiger partial charge is 0.506 e. The quantitative estimate of drug-likeness (QED) is 0.711. The molecule has 0 amide bonds. The summed E-state index contributed by atoms with van der Waals surface area (Å²) in [6, 6.07) is 7.53. The second-order valence-electron chi connectivity index (χ2n) is 4.82. The molecule has 0 fully saturated rings. The highest BCUT2D eigenvalue weighted by molar-refractivity contribution is 6.41. The van der Waals surface area contributed by atoms with Gasteiger partial charge in [0.1, 0.15) is 5.75 Å². The van der Waals surface area contributed by atoms with Crippen molar-refractivity contribution < 1.29 is 9.90 Å². The number of hydrogen-bond acceptors (Lipinski definition) is 2. The van der Waals surface area contributed by atoms with E-state index in [1.807, 2.05) is 42.0 Å². The zero-order valence-corrected chi connectivity index (χ0v) is 12.0. The highest BCUT2D eigenvalue weighted by Gasteiger charge is 2.20. The molecule has 1 aromatic heterocycles. The van der Waals surface area contributed by atoms with Crippen LogP contribution < -0.4 is 0 Å². The summed E-state index contributed by atoms with van der Waals surface area (Å²) in [5.41, 5.74) is 1.45. The molecule has 3 nitrogen and oxygen atoms in total. The van der Waals surface area contributed by atoms with Gasteiger partial charge in [-0.2, -0.15) is 0 Å². The number of Topliss-reactive ketones (excluding diaryl/α,β-unsaturated/α-hetero) is 1. The number of carbonyl (C=O) groups excluding carboxylic acids is 1. The first-order valence-electron chi connectivity index (χ1n) is 6.49. The summed E-state index contributed by atoms with van der Waals surface area (Å²) in [5.74, 6) is -0.0232. The predicted molar refractivity (Wildman–Crippen MR) is 81.8 cm³/mol. The minimum atomic E-state index is -0.0567. The fourth-order valence-electron chi connectivity index (χ4n) is 2.72. The topological polar surface area (TPSA) is 42.2 Å². The van der Waals surface area contributed by atoms with E-state index < -0.39 is 0 Å². The Bertz CT molecular complexity index is 849. The lowest BCUT2D eigenvalue weighted by molar-refractivity contribution is 0.101. The van der Waals surface area contributed by atoms with Crippen LogP contribution in [0.2, 0.25) is 5.02 Å². The van der Waals surface area contributed by atoms with Crippen molar-refractivity contribution in [2.75, 3.05) is 0 Å². The Kier molecular flexibility index (Phi) is 2.94. The Morgan fingerprint density at radius 1 is 1.30 bits per heavy atom. The van der Waals surface area contributed by atoms with Gasteiger partial charge in [-0.05, 0) is 13.8 Å². The first kappa shape index (κ1) is 13.0. The Morgan fingerprint density at radius 2 is 1.95 bits per heavy atom. The van der Waals surface area contributed by atoms with Crippen LogP contribution in [0.3, 0.4) is 0 Å². The van der Waals surface area contributed by atoms with E-state index in [9.17, 15) is 9.90 Å². The lowest BCUT2D eigenvalue weighted by Gasteiger charge is -2.09. The fraction of sp³-hybridized carbons (Fsp3) is 0.188. The molecule has 1 N–H and O–H groups in total. The summed E-state index contributed by atoms with van der Waals surface area (Å²) in [6.45, 7) is 4.26. The van der Waals surface area contributed by atoms with Crippen LogP contribution in [0.5, 0.6) is 5.75 Å². The normalized spacial score (nSPS) is 11.3. The molecule has 3 rings (SSSR count). The molecule has 0 bridgehead atoms. The number of hydrogen-bond donors (Lipinski definition) is 1. The third-order valence-electron chi connectivity index (χ3n) is 3.66. The molecule has 0 unspecified atom stereocenters. The van der Waals surface area contributed by atoms with Gasteiger partial charge in [-0.25, -0.2) is 0 Å². The number of ketones is 1. The molecule has 0 saturated carbocycles. The minimum Gasteiger partial charge on any atom is -0.506 e. The first-order valence-corrected chi connectivity index (χ1v) is 6.87. The molecule has 0 aliphatic rings. The van der Waals surface area contributed by atoms with Gasteiger partial charge < -0.3 is 9.67 Å². The molecule has 1 heterocycles. The number of phenolic OH excluding ortho intramolecular Hbond substituents is 1. The average molecular weight is 288 g/mol. The summed E-state index contributed by atoms with van der Waals surface area (Å²) in [5, 5.41) is 12.8. The molecule has 20 heavy (non-hydrogen) atoms. The Labute approximate surface area is 121 Å². The Balaban J connectivity index is 2.65. The molecule has 0 aliphatic heterocycles. The van der Waals surface area contributed by atoms with Crippen LogP contribution in [0.25, 0.3) is 21.7 Å². The maximum absolute atomic E-state index is 11.8. The lowest BCUT2D eigenvalue weighted by Crippen LogP contribution is -1.92. The van der Waals surface area contributed by atoms with E-state index >= 15 is 0 Å². The van der Waals surface area contributed by atoms with Crippen molar-refractivity contribution in [2.45, 2.75) is 20.4 Å². The molecule has 4 heteroatoms. The summed E-state index contributed by atoms with van der Waals surface area (Å²) in [4.78, 5) is 11.8. The van der Waals surface area contributed by atoms with E-state index in [0.717, 1.165) is 17.4 Å². The van der Waals surface area contributed by atoms with Crippen LogP contribution in [-0.2, 0) is 6.54 Å². The summed E-state index contributed by atoms with van der Waals surface area (Å²) < 4.78 is 2.00. The number of aromatic nitrogens is 1. The molecule has 3 aromatic rings. The number of nitrogens with zero attached hydrogens (tertiary/aromatic N) is 1. The van der Waals surface area contributed by atoms with Crippen molar-refractivity contribution in [3.8, 4) is 5.75 Å². The van der Waals surface area contributed by atoms with Crippen molar-refractivity contribution in [3.05, 3.63) is 41.0 Å². The number of aryl methyl sites for hydroxylation is 1. The van der Waals surface area contributed by atoms with E-state index in [1.165, 1.54) is 6.92 Å². The molecule has 0 radical (unpaired) electrons. The van der Waals surface area contributed by atoms with Crippen LogP contribution in [0.4, 0.5) is 0 Å². The van der Waals surface area contributed by atoms with E-state index in [0.29, 0.717) is 16.3 Å². The molecule has 0 aliphatic carbocycles. The molecule has 102 valence electrons. The second kappa shape index (κ2) is 4.53. The smallest absolute Gasteiger partial charge is 0.162 e. The van der Waals surface area contributed by atoms with Crippen molar-refractivity contribution in [3.63, 3.8) is 0 Å². The number of benzene rings is 2. The average Bonchev–Trinajstić information content (AvgIpc) is 2.84. The number of carbonyl (C=O) groups is 1. The summed E-state index contributed by atoms with van der Waals surface area (Å²) in [7, 11) is 0. The minimum absolute atomic E-state index is 0.0334. The van der Waals surface area contributed by atoms with Gasteiger partial charge in [-0.15, -0.1) is 0 Å². The highest BCUT2D eigenvalue weighted by Crippen LogP contribution is 2.42. The van der Waals surface area contributed by atoms with Gasteiger partial charge in [0.15, 0.2) is 5.78 Å². The molecular weight excluding hydrogens is 274 g/mol. The molecule has 0 spiro atoms. The molecule has 0 atom stereocenters. The standard InChI is InChI=1S/C16H14ClNO2/c1-3-18-8-12(9(2)19)13-14(17)16(20)11-7-5-4-6-10(11)15(13)18/h4-8,20H,3H2,1-2H3. The van der Waals surface area contributed by atoms with Crippen LogP contribution in [0.1, 0.15) is 24.2 Å². The number of aromatic hydroxyl groups is 1. The molecular formula is C16H14ClNO2. The van der Waals surface area contributed by atoms with Crippen molar-refractivity contribution in [1.29, 1.82) is 0 Å². The Morgan fingerprint density at radius 3 is 2.55 bits per heavy atom. The maximum Gasteiger partial charge on any atom is 0.162 e. The van der Waals surface area contributed by atoms with Crippen molar-refractivity contribution >= 4 is 39.1 Å². The molecule has 2 aromatic carbocycles. The summed E-state index contributed by atoms with van der Waals surface area (Å²) in [6.07, 6.45) is 1.81. The maximum atomic E-state index is 11.8. The van der Waals surface area contributed by atoms with Crippen LogP contribution in [0.15, 0.2) is 30.5 Å². The number of rotatable bonds is 2. The third-order valence-corrected chi connectivity index (χ3v) is 4.03. The van der Waals surface area contributed by atoms with Crippen LogP contribution in [0, 0.1) is 0 Å². The number of phenols is 1. The lowest BCUT2D eigenvalue weighted by atomic mass is 10.0. The monoisotopic (exact) mass is 287 g/mol. The fourth-order valence-corrected chi connectivity index (χ4v) is 3.01. The van der Waals surface area contributed by atoms with Gasteiger partial charge in [0, 0.05) is 34.5 Å². The predicted octanol–water partition coefficient (Wildman–Crippen LogP) is 4.38. The first-order chi connectivity index (χ1) is 9.56. The Hall–Kier alpha value is -2.00. The number of halogens is 1. The zero-order chi connectivity index (χ0) is 14.4.